The lowest BCUT2D eigenvalue weighted by molar-refractivity contribution is -0.139. The lowest BCUT2D eigenvalue weighted by Crippen LogP contribution is -2.28. The third-order valence-electron chi connectivity index (χ3n) is 1.14. The van der Waals surface area contributed by atoms with E-state index in [0.29, 0.717) is 0 Å². The molecule has 14 heavy (non-hydrogen) atoms. The van der Waals surface area contributed by atoms with Gasteiger partial charge in [0.2, 0.25) is 8.32 Å². The quantitative estimate of drug-likeness (QED) is 0.309. The Kier molecular flexibility index (Phi) is 4.56. The van der Waals surface area contributed by atoms with Gasteiger partial charge in [-0.05, 0) is 26.6 Å². The second-order valence-corrected chi connectivity index (χ2v) is 8.25. The Bertz CT molecular complexity index is 262. The predicted octanol–water partition coefficient (Wildman–Crippen LogP) is 1.48. The van der Waals surface area contributed by atoms with Crippen LogP contribution in [0.25, 0.3) is 0 Å². The topological polar surface area (TPSA) is 52.6 Å². The van der Waals surface area contributed by atoms with Crippen molar-refractivity contribution in [1.82, 2.24) is 0 Å². The van der Waals surface area contributed by atoms with E-state index in [4.69, 9.17) is 4.43 Å². The van der Waals surface area contributed by atoms with Crippen LogP contribution in [0.1, 0.15) is 6.92 Å². The molecule has 0 aliphatic heterocycles. The zero-order valence-corrected chi connectivity index (χ0v) is 10.2. The Morgan fingerprint density at radius 3 is 2.00 bits per heavy atom. The van der Waals surface area contributed by atoms with Crippen molar-refractivity contribution in [3.8, 4) is 0 Å². The van der Waals surface area contributed by atoms with Crippen molar-refractivity contribution < 1.29 is 18.8 Å². The highest BCUT2D eigenvalue weighted by Gasteiger charge is 2.22. The molecule has 0 saturated heterocycles. The summed E-state index contributed by atoms with van der Waals surface area (Å²) in [6.07, 6.45) is 1.16. The van der Waals surface area contributed by atoms with Crippen LogP contribution in [0.2, 0.25) is 19.6 Å². The molecule has 0 aliphatic carbocycles. The van der Waals surface area contributed by atoms with E-state index in [9.17, 15) is 9.59 Å². The lowest BCUT2D eigenvalue weighted by Gasteiger charge is -2.19. The van der Waals surface area contributed by atoms with Crippen LogP contribution in [-0.4, -0.2) is 27.2 Å². The van der Waals surface area contributed by atoms with Crippen molar-refractivity contribution in [2.45, 2.75) is 26.6 Å². The van der Waals surface area contributed by atoms with Crippen molar-refractivity contribution in [3.63, 3.8) is 0 Å². The summed E-state index contributed by atoms with van der Waals surface area (Å²) in [5.74, 6) is -0.842. The number of hydrogen-bond acceptors (Lipinski definition) is 4. The highest BCUT2D eigenvalue weighted by Crippen LogP contribution is 2.11. The molecule has 0 N–H and O–H groups in total. The Hall–Kier alpha value is -1.10. The average Bonchev–Trinajstić information content (AvgIpc) is 1.98. The Morgan fingerprint density at radius 1 is 1.21 bits per heavy atom. The van der Waals surface area contributed by atoms with E-state index in [2.05, 4.69) is 4.74 Å². The summed E-state index contributed by atoms with van der Waals surface area (Å²) in [5.41, 5.74) is 0. The SMILES string of the molecule is COC(=O)/C(=C/C(C)=O)O[Si](C)(C)C. The highest BCUT2D eigenvalue weighted by atomic mass is 28.4. The first kappa shape index (κ1) is 12.9. The summed E-state index contributed by atoms with van der Waals surface area (Å²) in [7, 11) is -0.634. The zero-order valence-electron chi connectivity index (χ0n) is 9.21. The maximum Gasteiger partial charge on any atom is 0.372 e. The van der Waals surface area contributed by atoms with Crippen LogP contribution >= 0.6 is 0 Å². The Morgan fingerprint density at radius 2 is 1.71 bits per heavy atom. The molecule has 0 unspecified atom stereocenters. The van der Waals surface area contributed by atoms with Gasteiger partial charge in [-0.1, -0.05) is 0 Å². The first-order valence-electron chi connectivity index (χ1n) is 4.26. The van der Waals surface area contributed by atoms with Gasteiger partial charge in [-0.2, -0.15) is 0 Å². The molecule has 0 amide bonds. The number of rotatable bonds is 4. The van der Waals surface area contributed by atoms with Crippen LogP contribution in [0.3, 0.4) is 0 Å². The number of ether oxygens (including phenoxy) is 1. The molecule has 5 heteroatoms. The van der Waals surface area contributed by atoms with Gasteiger partial charge in [0, 0.05) is 6.08 Å². The van der Waals surface area contributed by atoms with Crippen molar-refractivity contribution in [2.75, 3.05) is 7.11 Å². The summed E-state index contributed by atoms with van der Waals surface area (Å²) in [4.78, 5) is 22.0. The predicted molar refractivity (Wildman–Crippen MR) is 55.2 cm³/mol. The maximum atomic E-state index is 11.2. The number of esters is 1. The molecule has 4 nitrogen and oxygen atoms in total. The van der Waals surface area contributed by atoms with Crippen molar-refractivity contribution in [1.29, 1.82) is 0 Å². The largest absolute Gasteiger partial charge is 0.539 e. The second kappa shape index (κ2) is 4.95. The summed E-state index contributed by atoms with van der Waals surface area (Å²) < 4.78 is 9.90. The van der Waals surface area contributed by atoms with Gasteiger partial charge in [0.1, 0.15) is 0 Å². The van der Waals surface area contributed by atoms with Gasteiger partial charge < -0.3 is 9.16 Å². The number of hydrogen-bond donors (Lipinski definition) is 0. The summed E-state index contributed by atoms with van der Waals surface area (Å²) >= 11 is 0. The molecular weight excluding hydrogens is 200 g/mol. The number of methoxy groups -OCH3 is 1. The fraction of sp³-hybridized carbons (Fsp3) is 0.556. The van der Waals surface area contributed by atoms with Gasteiger partial charge in [-0.25, -0.2) is 4.79 Å². The lowest BCUT2D eigenvalue weighted by atomic mass is 10.3. The number of allylic oxidation sites excluding steroid dienone is 1. The zero-order chi connectivity index (χ0) is 11.4. The Labute approximate surface area is 85.0 Å². The third-order valence-corrected chi connectivity index (χ3v) is 1.97. The Balaban J connectivity index is 4.75. The maximum absolute atomic E-state index is 11.2. The van der Waals surface area contributed by atoms with Gasteiger partial charge in [-0.15, -0.1) is 0 Å². The molecule has 0 bridgehead atoms. The van der Waals surface area contributed by atoms with Crippen LogP contribution in [-0.2, 0) is 18.8 Å². The molecule has 0 heterocycles. The molecule has 0 aromatic heterocycles. The molecule has 0 aromatic rings. The van der Waals surface area contributed by atoms with Crippen LogP contribution in [0.4, 0.5) is 0 Å². The minimum absolute atomic E-state index is 0.000772. The molecular formula is C9H16O4Si. The van der Waals surface area contributed by atoms with E-state index in [-0.39, 0.29) is 11.5 Å². The molecule has 0 spiro atoms. The van der Waals surface area contributed by atoms with Gasteiger partial charge >= 0.3 is 5.97 Å². The summed E-state index contributed by atoms with van der Waals surface area (Å²) in [5, 5.41) is 0. The number of carbonyl (C=O) groups is 2. The van der Waals surface area contributed by atoms with E-state index >= 15 is 0 Å². The normalized spacial score (nSPS) is 12.2. The first-order valence-corrected chi connectivity index (χ1v) is 7.66. The fourth-order valence-corrected chi connectivity index (χ4v) is 1.55. The minimum atomic E-state index is -1.89. The van der Waals surface area contributed by atoms with E-state index in [1.54, 1.807) is 0 Å². The molecule has 0 aromatic carbocycles. The fourth-order valence-electron chi connectivity index (χ4n) is 0.745. The molecule has 0 atom stereocenters. The smallest absolute Gasteiger partial charge is 0.372 e. The van der Waals surface area contributed by atoms with Gasteiger partial charge in [0.25, 0.3) is 0 Å². The van der Waals surface area contributed by atoms with Gasteiger partial charge in [0.05, 0.1) is 7.11 Å². The number of carbonyl (C=O) groups excluding carboxylic acids is 2. The average molecular weight is 216 g/mol. The van der Waals surface area contributed by atoms with Crippen LogP contribution in [0.5, 0.6) is 0 Å². The monoisotopic (exact) mass is 216 g/mol. The molecule has 0 fully saturated rings. The standard InChI is InChI=1S/C9H16O4Si/c1-7(10)6-8(9(11)12-2)13-14(3,4)5/h6H,1-5H3/b8-6-. The second-order valence-electron chi connectivity index (χ2n) is 3.83. The van der Waals surface area contributed by atoms with E-state index in [1.165, 1.54) is 14.0 Å². The van der Waals surface area contributed by atoms with Crippen LogP contribution in [0, 0.1) is 0 Å². The third kappa shape index (κ3) is 5.53. The summed E-state index contributed by atoms with van der Waals surface area (Å²) in [6, 6.07) is 0. The molecule has 0 rings (SSSR count). The molecule has 80 valence electrons. The van der Waals surface area contributed by atoms with E-state index < -0.39 is 14.3 Å². The van der Waals surface area contributed by atoms with Gasteiger partial charge in [-0.3, -0.25) is 4.79 Å². The van der Waals surface area contributed by atoms with Crippen molar-refractivity contribution in [3.05, 3.63) is 11.8 Å². The minimum Gasteiger partial charge on any atom is -0.539 e. The highest BCUT2D eigenvalue weighted by molar-refractivity contribution is 6.70. The van der Waals surface area contributed by atoms with Crippen LogP contribution < -0.4 is 0 Å². The van der Waals surface area contributed by atoms with E-state index in [0.717, 1.165) is 6.08 Å². The van der Waals surface area contributed by atoms with Crippen molar-refractivity contribution >= 4 is 20.1 Å². The molecule has 0 saturated carbocycles. The number of ketones is 1. The summed E-state index contributed by atoms with van der Waals surface area (Å²) in [6.45, 7) is 7.12. The first-order chi connectivity index (χ1) is 6.26. The van der Waals surface area contributed by atoms with Crippen molar-refractivity contribution in [2.24, 2.45) is 0 Å². The van der Waals surface area contributed by atoms with E-state index in [1.807, 2.05) is 19.6 Å². The van der Waals surface area contributed by atoms with Crippen LogP contribution in [0.15, 0.2) is 11.8 Å². The molecule has 0 aliphatic rings. The molecule has 0 radical (unpaired) electrons. The van der Waals surface area contributed by atoms with Gasteiger partial charge in [0.15, 0.2) is 11.5 Å².